The Kier molecular flexibility index (Phi) is 8.20. The molecule has 1 aromatic rings. The minimum Gasteiger partial charge on any atom is -0.382 e. The Morgan fingerprint density at radius 3 is 2.89 bits per heavy atom. The summed E-state index contributed by atoms with van der Waals surface area (Å²) < 4.78 is 10.2. The van der Waals surface area contributed by atoms with Gasteiger partial charge in [-0.3, -0.25) is 4.99 Å². The second kappa shape index (κ2) is 9.87. The van der Waals surface area contributed by atoms with Crippen molar-refractivity contribution in [2.45, 2.75) is 6.54 Å². The average molecular weight is 271 g/mol. The van der Waals surface area contributed by atoms with E-state index < -0.39 is 0 Å². The van der Waals surface area contributed by atoms with Crippen LogP contribution in [0.3, 0.4) is 0 Å². The lowest BCUT2D eigenvalue weighted by atomic mass is 10.3. The lowest BCUT2D eigenvalue weighted by Crippen LogP contribution is -2.38. The van der Waals surface area contributed by atoms with Crippen molar-refractivity contribution in [2.24, 2.45) is 4.99 Å². The van der Waals surface area contributed by atoms with E-state index in [-0.39, 0.29) is 0 Å². The van der Waals surface area contributed by atoms with Gasteiger partial charge in [-0.25, -0.2) is 0 Å². The molecule has 1 rings (SSSR count). The van der Waals surface area contributed by atoms with Crippen LogP contribution in [-0.2, 0) is 16.0 Å². The molecule has 0 spiro atoms. The number of ether oxygens (including phenoxy) is 2. The van der Waals surface area contributed by atoms with Crippen molar-refractivity contribution in [2.75, 3.05) is 40.5 Å². The molecule has 6 heteroatoms. The van der Waals surface area contributed by atoms with Gasteiger partial charge in [0.15, 0.2) is 5.96 Å². The van der Waals surface area contributed by atoms with Crippen LogP contribution < -0.4 is 10.6 Å². The van der Waals surface area contributed by atoms with Gasteiger partial charge in [-0.15, -0.1) is 0 Å². The fraction of sp³-hybridized carbons (Fsp3) is 0.583. The van der Waals surface area contributed by atoms with Gasteiger partial charge >= 0.3 is 0 Å². The Morgan fingerprint density at radius 2 is 2.22 bits per heavy atom. The SMILES string of the molecule is CN=C(NCCOCCOC)NCc1ccsc1. The number of hydrogen-bond acceptors (Lipinski definition) is 4. The standard InChI is InChI=1S/C12H21N3O2S/c1-13-12(14-4-5-17-7-6-16-2)15-9-11-3-8-18-10-11/h3,8,10H,4-7,9H2,1-2H3,(H2,13,14,15). The van der Waals surface area contributed by atoms with E-state index in [0.29, 0.717) is 19.8 Å². The molecule has 0 aromatic carbocycles. The second-order valence-electron chi connectivity index (χ2n) is 3.59. The fourth-order valence-corrected chi connectivity index (χ4v) is 1.95. The summed E-state index contributed by atoms with van der Waals surface area (Å²) in [5.74, 6) is 0.788. The minimum absolute atomic E-state index is 0.624. The number of hydrogen-bond donors (Lipinski definition) is 2. The van der Waals surface area contributed by atoms with Crippen molar-refractivity contribution >= 4 is 17.3 Å². The molecule has 0 aliphatic rings. The van der Waals surface area contributed by atoms with Gasteiger partial charge in [-0.1, -0.05) is 0 Å². The first-order valence-electron chi connectivity index (χ1n) is 5.89. The average Bonchev–Trinajstić information content (AvgIpc) is 2.90. The maximum atomic E-state index is 5.35. The monoisotopic (exact) mass is 271 g/mol. The number of aliphatic imine (C=N–C) groups is 1. The summed E-state index contributed by atoms with van der Waals surface area (Å²) in [5, 5.41) is 10.6. The van der Waals surface area contributed by atoms with Gasteiger partial charge < -0.3 is 20.1 Å². The lowest BCUT2D eigenvalue weighted by molar-refractivity contribution is 0.0733. The molecule has 0 radical (unpaired) electrons. The number of rotatable bonds is 8. The van der Waals surface area contributed by atoms with Crippen LogP contribution >= 0.6 is 11.3 Å². The highest BCUT2D eigenvalue weighted by Crippen LogP contribution is 2.04. The van der Waals surface area contributed by atoms with E-state index in [1.165, 1.54) is 5.56 Å². The van der Waals surface area contributed by atoms with Crippen LogP contribution in [0.1, 0.15) is 5.56 Å². The molecule has 1 aromatic heterocycles. The van der Waals surface area contributed by atoms with Gasteiger partial charge in [0, 0.05) is 27.2 Å². The van der Waals surface area contributed by atoms with Crippen LogP contribution in [0, 0.1) is 0 Å². The van der Waals surface area contributed by atoms with Gasteiger partial charge in [0.05, 0.1) is 19.8 Å². The molecule has 0 aliphatic carbocycles. The highest BCUT2D eigenvalue weighted by atomic mass is 32.1. The molecule has 0 atom stereocenters. The Bertz CT molecular complexity index is 328. The van der Waals surface area contributed by atoms with Crippen molar-refractivity contribution in [3.05, 3.63) is 22.4 Å². The molecule has 2 N–H and O–H groups in total. The van der Waals surface area contributed by atoms with Crippen LogP contribution in [0.25, 0.3) is 0 Å². The molecule has 18 heavy (non-hydrogen) atoms. The molecular weight excluding hydrogens is 250 g/mol. The molecule has 1 heterocycles. The van der Waals surface area contributed by atoms with E-state index in [2.05, 4.69) is 32.5 Å². The van der Waals surface area contributed by atoms with Crippen molar-refractivity contribution in [3.8, 4) is 0 Å². The van der Waals surface area contributed by atoms with Crippen molar-refractivity contribution in [1.82, 2.24) is 10.6 Å². The minimum atomic E-state index is 0.624. The molecule has 0 fully saturated rings. The molecule has 0 saturated carbocycles. The molecule has 0 unspecified atom stereocenters. The number of guanidine groups is 1. The highest BCUT2D eigenvalue weighted by molar-refractivity contribution is 7.07. The summed E-state index contributed by atoms with van der Waals surface area (Å²) in [6.07, 6.45) is 0. The lowest BCUT2D eigenvalue weighted by Gasteiger charge is -2.11. The Hall–Kier alpha value is -1.11. The van der Waals surface area contributed by atoms with Gasteiger partial charge in [-0.05, 0) is 22.4 Å². The predicted octanol–water partition coefficient (Wildman–Crippen LogP) is 1.08. The molecule has 5 nitrogen and oxygen atoms in total. The smallest absolute Gasteiger partial charge is 0.191 e. The topological polar surface area (TPSA) is 54.9 Å². The normalized spacial score (nSPS) is 11.6. The van der Waals surface area contributed by atoms with Crippen molar-refractivity contribution < 1.29 is 9.47 Å². The van der Waals surface area contributed by atoms with E-state index in [1.807, 2.05) is 0 Å². The zero-order valence-corrected chi connectivity index (χ0v) is 11.8. The third kappa shape index (κ3) is 6.58. The zero-order valence-electron chi connectivity index (χ0n) is 10.9. The summed E-state index contributed by atoms with van der Waals surface area (Å²) in [6, 6.07) is 2.10. The van der Waals surface area contributed by atoms with Gasteiger partial charge in [0.1, 0.15) is 0 Å². The van der Waals surface area contributed by atoms with Crippen LogP contribution in [0.15, 0.2) is 21.8 Å². The van der Waals surface area contributed by atoms with Crippen LogP contribution in [0.5, 0.6) is 0 Å². The van der Waals surface area contributed by atoms with Gasteiger partial charge in [0.25, 0.3) is 0 Å². The maximum Gasteiger partial charge on any atom is 0.191 e. The van der Waals surface area contributed by atoms with E-state index in [0.717, 1.165) is 19.0 Å². The van der Waals surface area contributed by atoms with E-state index in [9.17, 15) is 0 Å². The van der Waals surface area contributed by atoms with Crippen LogP contribution in [0.2, 0.25) is 0 Å². The third-order valence-electron chi connectivity index (χ3n) is 2.23. The summed E-state index contributed by atoms with van der Waals surface area (Å²) in [5.41, 5.74) is 1.26. The second-order valence-corrected chi connectivity index (χ2v) is 4.37. The van der Waals surface area contributed by atoms with Crippen LogP contribution in [-0.4, -0.2) is 46.5 Å². The van der Waals surface area contributed by atoms with E-state index in [4.69, 9.17) is 9.47 Å². The van der Waals surface area contributed by atoms with Crippen LogP contribution in [0.4, 0.5) is 0 Å². The fourth-order valence-electron chi connectivity index (χ4n) is 1.29. The Labute approximate surface area is 112 Å². The highest BCUT2D eigenvalue weighted by Gasteiger charge is 1.98. The first kappa shape index (κ1) is 14.9. The Balaban J connectivity index is 2.07. The summed E-state index contributed by atoms with van der Waals surface area (Å²) in [4.78, 5) is 4.14. The summed E-state index contributed by atoms with van der Waals surface area (Å²) >= 11 is 1.70. The number of methoxy groups -OCH3 is 1. The quantitative estimate of drug-likeness (QED) is 0.422. The van der Waals surface area contributed by atoms with E-state index >= 15 is 0 Å². The predicted molar refractivity (Wildman–Crippen MR) is 75.2 cm³/mol. The third-order valence-corrected chi connectivity index (χ3v) is 2.97. The number of nitrogens with one attached hydrogen (secondary N) is 2. The molecule has 0 aliphatic heterocycles. The van der Waals surface area contributed by atoms with E-state index in [1.54, 1.807) is 25.5 Å². The molecule has 0 amide bonds. The number of nitrogens with zero attached hydrogens (tertiary/aromatic N) is 1. The van der Waals surface area contributed by atoms with Gasteiger partial charge in [0.2, 0.25) is 0 Å². The largest absolute Gasteiger partial charge is 0.382 e. The maximum absolute atomic E-state index is 5.35. The van der Waals surface area contributed by atoms with Crippen molar-refractivity contribution in [1.29, 1.82) is 0 Å². The Morgan fingerprint density at radius 1 is 1.33 bits per heavy atom. The van der Waals surface area contributed by atoms with Crippen molar-refractivity contribution in [3.63, 3.8) is 0 Å². The molecular formula is C12H21N3O2S. The first-order valence-corrected chi connectivity index (χ1v) is 6.83. The molecule has 102 valence electrons. The summed E-state index contributed by atoms with van der Waals surface area (Å²) in [6.45, 7) is 3.41. The number of thiophene rings is 1. The zero-order chi connectivity index (χ0) is 13.1. The summed E-state index contributed by atoms with van der Waals surface area (Å²) in [7, 11) is 3.42. The van der Waals surface area contributed by atoms with Gasteiger partial charge in [-0.2, -0.15) is 11.3 Å². The molecule has 0 saturated heterocycles. The first-order chi connectivity index (χ1) is 8.86. The molecule has 0 bridgehead atoms.